The van der Waals surface area contributed by atoms with Crippen LogP contribution in [0.15, 0.2) is 12.1 Å². The molecule has 96 valence electrons. The molecule has 1 rings (SSSR count). The van der Waals surface area contributed by atoms with Crippen molar-refractivity contribution in [1.29, 1.82) is 0 Å². The van der Waals surface area contributed by atoms with E-state index in [9.17, 15) is 4.79 Å². The third-order valence-electron chi connectivity index (χ3n) is 2.56. The van der Waals surface area contributed by atoms with E-state index in [1.54, 1.807) is 23.1 Å². The van der Waals surface area contributed by atoms with Crippen molar-refractivity contribution in [3.63, 3.8) is 0 Å². The first kappa shape index (κ1) is 14.6. The summed E-state index contributed by atoms with van der Waals surface area (Å²) in [5.74, 6) is 1.15. The Balaban J connectivity index is 2.38. The molecule has 1 amide bonds. The number of nitrogens with one attached hydrogen (secondary N) is 1. The Hall–Kier alpha value is -0.480. The Bertz CT molecular complexity index is 362. The number of aryl methyl sites for hydroxylation is 1. The molecule has 17 heavy (non-hydrogen) atoms. The Morgan fingerprint density at radius 3 is 2.71 bits per heavy atom. The maximum Gasteiger partial charge on any atom is 0.223 e. The monoisotopic (exact) mass is 271 g/mol. The maximum absolute atomic E-state index is 11.8. The second kappa shape index (κ2) is 7.07. The van der Waals surface area contributed by atoms with E-state index in [0.29, 0.717) is 0 Å². The van der Waals surface area contributed by atoms with Gasteiger partial charge in [0.15, 0.2) is 0 Å². The van der Waals surface area contributed by atoms with Gasteiger partial charge in [-0.15, -0.1) is 11.3 Å². The van der Waals surface area contributed by atoms with Crippen LogP contribution in [0.5, 0.6) is 0 Å². The van der Waals surface area contributed by atoms with E-state index in [2.05, 4.69) is 31.3 Å². The second-order valence-electron chi connectivity index (χ2n) is 4.48. The average Bonchev–Trinajstić information content (AvgIpc) is 2.64. The molecule has 2 nitrogen and oxygen atoms in total. The van der Waals surface area contributed by atoms with Crippen LogP contribution in [0.4, 0.5) is 0 Å². The predicted molar refractivity (Wildman–Crippen MR) is 77.9 cm³/mol. The molecule has 0 fully saturated rings. The molecule has 1 N–H and O–H groups in total. The molecule has 0 saturated heterocycles. The molecule has 0 spiro atoms. The van der Waals surface area contributed by atoms with Crippen molar-refractivity contribution in [2.75, 3.05) is 12.0 Å². The number of thiophene rings is 1. The Morgan fingerprint density at radius 2 is 2.18 bits per heavy atom. The van der Waals surface area contributed by atoms with Gasteiger partial charge >= 0.3 is 0 Å². The summed E-state index contributed by atoms with van der Waals surface area (Å²) in [4.78, 5) is 14.5. The van der Waals surface area contributed by atoms with E-state index in [-0.39, 0.29) is 17.9 Å². The summed E-state index contributed by atoms with van der Waals surface area (Å²) < 4.78 is 0. The van der Waals surface area contributed by atoms with Crippen molar-refractivity contribution in [3.05, 3.63) is 21.9 Å². The first-order valence-electron chi connectivity index (χ1n) is 5.87. The van der Waals surface area contributed by atoms with E-state index in [0.717, 1.165) is 12.2 Å². The van der Waals surface area contributed by atoms with Gasteiger partial charge in [0.2, 0.25) is 5.91 Å². The lowest BCUT2D eigenvalue weighted by Gasteiger charge is -2.16. The molecule has 1 aromatic heterocycles. The van der Waals surface area contributed by atoms with Gasteiger partial charge in [0, 0.05) is 33.9 Å². The van der Waals surface area contributed by atoms with Crippen LogP contribution in [-0.2, 0) is 11.2 Å². The van der Waals surface area contributed by atoms with Gasteiger partial charge in [-0.25, -0.2) is 0 Å². The van der Waals surface area contributed by atoms with E-state index >= 15 is 0 Å². The van der Waals surface area contributed by atoms with Crippen LogP contribution >= 0.6 is 23.1 Å². The van der Waals surface area contributed by atoms with Gasteiger partial charge < -0.3 is 5.32 Å². The van der Waals surface area contributed by atoms with Crippen LogP contribution in [0.25, 0.3) is 0 Å². The number of hydrogen-bond acceptors (Lipinski definition) is 3. The molecule has 4 heteroatoms. The minimum atomic E-state index is 0.0949. The van der Waals surface area contributed by atoms with Gasteiger partial charge in [-0.3, -0.25) is 4.79 Å². The molecule has 0 aromatic carbocycles. The number of carbonyl (C=O) groups is 1. The van der Waals surface area contributed by atoms with Crippen molar-refractivity contribution in [3.8, 4) is 0 Å². The summed E-state index contributed by atoms with van der Waals surface area (Å²) in [6.07, 6.45) is 2.96. The molecule has 0 unspecified atom stereocenters. The lowest BCUT2D eigenvalue weighted by Crippen LogP contribution is -2.38. The summed E-state index contributed by atoms with van der Waals surface area (Å²) in [6, 6.07) is 4.49. The highest BCUT2D eigenvalue weighted by Crippen LogP contribution is 2.16. The smallest absolute Gasteiger partial charge is 0.223 e. The second-order valence-corrected chi connectivity index (χ2v) is 6.77. The largest absolute Gasteiger partial charge is 0.353 e. The first-order chi connectivity index (χ1) is 8.02. The lowest BCUT2D eigenvalue weighted by molar-refractivity contribution is -0.124. The fourth-order valence-corrected chi connectivity index (χ4v) is 3.33. The summed E-state index contributed by atoms with van der Waals surface area (Å²) in [6.45, 7) is 6.16. The molecule has 0 radical (unpaired) electrons. The molecule has 0 aliphatic rings. The van der Waals surface area contributed by atoms with Crippen LogP contribution < -0.4 is 5.32 Å². The summed E-state index contributed by atoms with van der Waals surface area (Å²) in [7, 11) is 0. The van der Waals surface area contributed by atoms with Gasteiger partial charge in [0.05, 0.1) is 0 Å². The zero-order chi connectivity index (χ0) is 12.8. The Kier molecular flexibility index (Phi) is 6.06. The van der Waals surface area contributed by atoms with E-state index in [1.807, 2.05) is 13.2 Å². The van der Waals surface area contributed by atoms with Gasteiger partial charge in [-0.2, -0.15) is 11.8 Å². The first-order valence-corrected chi connectivity index (χ1v) is 8.08. The molecule has 0 saturated carbocycles. The highest BCUT2D eigenvalue weighted by atomic mass is 32.2. The van der Waals surface area contributed by atoms with Crippen LogP contribution in [0.1, 0.15) is 23.6 Å². The van der Waals surface area contributed by atoms with Crippen LogP contribution in [0, 0.1) is 12.8 Å². The molecular formula is C13H21NOS2. The topological polar surface area (TPSA) is 29.1 Å². The highest BCUT2D eigenvalue weighted by molar-refractivity contribution is 7.98. The fraction of sp³-hybridized carbons (Fsp3) is 0.615. The number of rotatable bonds is 6. The summed E-state index contributed by atoms with van der Waals surface area (Å²) in [5, 5.41) is 3.08. The number of carbonyl (C=O) groups excluding carboxylic acids is 1. The molecular weight excluding hydrogens is 250 g/mol. The summed E-state index contributed by atoms with van der Waals surface area (Å²) in [5.41, 5.74) is 0. The van der Waals surface area contributed by atoms with E-state index < -0.39 is 0 Å². The van der Waals surface area contributed by atoms with Crippen molar-refractivity contribution >= 4 is 29.0 Å². The summed E-state index contributed by atoms with van der Waals surface area (Å²) >= 11 is 3.52. The standard InChI is InChI=1S/C13H21NOS2/c1-9(8-16-4)13(15)14-10(2)7-12-6-5-11(3)17-12/h5-6,9-10H,7-8H2,1-4H3,(H,14,15)/t9-,10+/m1/s1. The minimum Gasteiger partial charge on any atom is -0.353 e. The molecule has 0 aliphatic carbocycles. The third-order valence-corrected chi connectivity index (χ3v) is 4.41. The minimum absolute atomic E-state index is 0.0949. The van der Waals surface area contributed by atoms with Crippen LogP contribution in [0.3, 0.4) is 0 Å². The quantitative estimate of drug-likeness (QED) is 0.861. The molecule has 2 atom stereocenters. The lowest BCUT2D eigenvalue weighted by atomic mass is 10.1. The van der Waals surface area contributed by atoms with Gasteiger partial charge in [0.1, 0.15) is 0 Å². The third kappa shape index (κ3) is 5.13. The number of amides is 1. The fourth-order valence-electron chi connectivity index (χ4n) is 1.66. The highest BCUT2D eigenvalue weighted by Gasteiger charge is 2.15. The van der Waals surface area contributed by atoms with E-state index in [1.165, 1.54) is 9.75 Å². The maximum atomic E-state index is 11.8. The predicted octanol–water partition coefficient (Wildman–Crippen LogP) is 3.10. The Morgan fingerprint density at radius 1 is 1.47 bits per heavy atom. The molecule has 0 aliphatic heterocycles. The molecule has 0 bridgehead atoms. The number of hydrogen-bond donors (Lipinski definition) is 1. The zero-order valence-electron chi connectivity index (χ0n) is 10.9. The Labute approximate surface area is 112 Å². The average molecular weight is 271 g/mol. The van der Waals surface area contributed by atoms with Crippen molar-refractivity contribution in [2.24, 2.45) is 5.92 Å². The number of thioether (sulfide) groups is 1. The zero-order valence-corrected chi connectivity index (χ0v) is 12.6. The van der Waals surface area contributed by atoms with Crippen molar-refractivity contribution in [2.45, 2.75) is 33.2 Å². The van der Waals surface area contributed by atoms with Gasteiger partial charge in [-0.1, -0.05) is 6.92 Å². The van der Waals surface area contributed by atoms with Gasteiger partial charge in [0.25, 0.3) is 0 Å². The van der Waals surface area contributed by atoms with Crippen molar-refractivity contribution in [1.82, 2.24) is 5.32 Å². The van der Waals surface area contributed by atoms with E-state index in [4.69, 9.17) is 0 Å². The normalized spacial score (nSPS) is 14.4. The van der Waals surface area contributed by atoms with Crippen LogP contribution in [0.2, 0.25) is 0 Å². The molecule has 1 aromatic rings. The van der Waals surface area contributed by atoms with Gasteiger partial charge in [-0.05, 0) is 32.2 Å². The van der Waals surface area contributed by atoms with Crippen LogP contribution in [-0.4, -0.2) is 24.0 Å². The SMILES string of the molecule is CSC[C@@H](C)C(=O)N[C@@H](C)Cc1ccc(C)s1. The van der Waals surface area contributed by atoms with Crippen molar-refractivity contribution < 1.29 is 4.79 Å². The molecule has 1 heterocycles.